The maximum absolute atomic E-state index is 12.8. The molecule has 184 valence electrons. The highest BCUT2D eigenvalue weighted by molar-refractivity contribution is 7.89. The van der Waals surface area contributed by atoms with Crippen LogP contribution in [0.2, 0.25) is 0 Å². The molecule has 2 saturated carbocycles. The van der Waals surface area contributed by atoms with E-state index in [4.69, 9.17) is 0 Å². The van der Waals surface area contributed by atoms with Crippen molar-refractivity contribution in [1.29, 1.82) is 0 Å². The third-order valence-electron chi connectivity index (χ3n) is 7.37. The van der Waals surface area contributed by atoms with Gasteiger partial charge < -0.3 is 10.6 Å². The van der Waals surface area contributed by atoms with E-state index in [1.165, 1.54) is 57.1 Å². The Kier molecular flexibility index (Phi) is 8.56. The summed E-state index contributed by atoms with van der Waals surface area (Å²) < 4.78 is 28.3. The van der Waals surface area contributed by atoms with Gasteiger partial charge in [-0.05, 0) is 79.3 Å². The summed E-state index contributed by atoms with van der Waals surface area (Å²) in [5.74, 6) is 2.16. The zero-order chi connectivity index (χ0) is 23.8. The molecule has 0 aliphatic heterocycles. The summed E-state index contributed by atoms with van der Waals surface area (Å²) in [6.07, 6.45) is 15.0. The molecule has 2 amide bonds. The van der Waals surface area contributed by atoms with Crippen LogP contribution in [-0.4, -0.2) is 26.0 Å². The molecule has 3 N–H and O–H groups in total. The number of pyridine rings is 1. The molecule has 8 heteroatoms. The lowest BCUT2D eigenvalue weighted by Crippen LogP contribution is -2.32. The van der Waals surface area contributed by atoms with Crippen molar-refractivity contribution in [3.05, 3.63) is 54.4 Å². The second-order valence-electron chi connectivity index (χ2n) is 9.72. The molecule has 2 aliphatic rings. The number of aromatic nitrogens is 1. The number of nitrogens with zero attached hydrogens (tertiary/aromatic N) is 1. The number of carbonyl (C=O) groups is 1. The fraction of sp³-hybridized carbons (Fsp3) is 0.538. The lowest BCUT2D eigenvalue weighted by molar-refractivity contribution is 0.168. The van der Waals surface area contributed by atoms with Gasteiger partial charge in [-0.25, -0.2) is 17.9 Å². The van der Waals surface area contributed by atoms with E-state index in [0.29, 0.717) is 24.7 Å². The second kappa shape index (κ2) is 11.8. The standard InChI is InChI=1S/C26H36N4O3S/c31-26(28-18-21-5-4-16-27-17-21)30-24-12-14-25(15-13-24)34(32,33)29-19-20-8-10-23(11-9-20)22-6-2-1-3-7-22/h4-5,12-17,20,22-23,29H,1-3,6-11,18-19H2,(H2,28,30,31). The van der Waals surface area contributed by atoms with Crippen LogP contribution in [0, 0.1) is 17.8 Å². The molecule has 1 aromatic carbocycles. The van der Waals surface area contributed by atoms with Gasteiger partial charge in [-0.1, -0.05) is 38.2 Å². The summed E-state index contributed by atoms with van der Waals surface area (Å²) in [6, 6.07) is 9.59. The fourth-order valence-electron chi connectivity index (χ4n) is 5.36. The van der Waals surface area contributed by atoms with E-state index in [-0.39, 0.29) is 10.9 Å². The van der Waals surface area contributed by atoms with Crippen LogP contribution in [-0.2, 0) is 16.6 Å². The smallest absolute Gasteiger partial charge is 0.319 e. The van der Waals surface area contributed by atoms with Crippen LogP contribution in [0.5, 0.6) is 0 Å². The van der Waals surface area contributed by atoms with Gasteiger partial charge >= 0.3 is 6.03 Å². The average Bonchev–Trinajstić information content (AvgIpc) is 2.88. The van der Waals surface area contributed by atoms with E-state index >= 15 is 0 Å². The van der Waals surface area contributed by atoms with Crippen LogP contribution in [0.15, 0.2) is 53.7 Å². The highest BCUT2D eigenvalue weighted by Crippen LogP contribution is 2.39. The second-order valence-corrected chi connectivity index (χ2v) is 11.5. The summed E-state index contributed by atoms with van der Waals surface area (Å²) in [5, 5.41) is 5.47. The molecule has 0 saturated heterocycles. The molecule has 2 aliphatic carbocycles. The van der Waals surface area contributed by atoms with Crippen molar-refractivity contribution in [3.63, 3.8) is 0 Å². The molecule has 0 atom stereocenters. The summed E-state index contributed by atoms with van der Waals surface area (Å²) in [4.78, 5) is 16.3. The van der Waals surface area contributed by atoms with Gasteiger partial charge in [-0.3, -0.25) is 4.98 Å². The SMILES string of the molecule is O=C(NCc1cccnc1)Nc1ccc(S(=O)(=O)NCC2CCC(C3CCCCC3)CC2)cc1. The minimum Gasteiger partial charge on any atom is -0.334 e. The largest absolute Gasteiger partial charge is 0.334 e. The van der Waals surface area contributed by atoms with Gasteiger partial charge in [0.1, 0.15) is 0 Å². The number of anilines is 1. The molecule has 0 unspecified atom stereocenters. The molecule has 34 heavy (non-hydrogen) atoms. The van der Waals surface area contributed by atoms with E-state index in [1.54, 1.807) is 24.5 Å². The van der Waals surface area contributed by atoms with Crippen molar-refractivity contribution in [2.45, 2.75) is 69.2 Å². The molecule has 0 spiro atoms. The number of hydrogen-bond donors (Lipinski definition) is 3. The summed E-state index contributed by atoms with van der Waals surface area (Å²) >= 11 is 0. The van der Waals surface area contributed by atoms with Crippen LogP contribution < -0.4 is 15.4 Å². The Morgan fingerprint density at radius 1 is 0.912 bits per heavy atom. The quantitative estimate of drug-likeness (QED) is 0.487. The number of urea groups is 1. The van der Waals surface area contributed by atoms with Crippen molar-refractivity contribution in [3.8, 4) is 0 Å². The van der Waals surface area contributed by atoms with Gasteiger partial charge in [0.15, 0.2) is 0 Å². The van der Waals surface area contributed by atoms with E-state index in [0.717, 1.165) is 30.2 Å². The molecular formula is C26H36N4O3S. The zero-order valence-corrected chi connectivity index (χ0v) is 20.5. The first-order valence-electron chi connectivity index (χ1n) is 12.5. The Morgan fingerprint density at radius 2 is 1.62 bits per heavy atom. The van der Waals surface area contributed by atoms with Crippen molar-refractivity contribution in [1.82, 2.24) is 15.0 Å². The Balaban J connectivity index is 1.21. The number of rotatable bonds is 8. The molecule has 7 nitrogen and oxygen atoms in total. The van der Waals surface area contributed by atoms with Crippen LogP contribution >= 0.6 is 0 Å². The lowest BCUT2D eigenvalue weighted by atomic mass is 9.71. The van der Waals surface area contributed by atoms with E-state index in [2.05, 4.69) is 20.3 Å². The lowest BCUT2D eigenvalue weighted by Gasteiger charge is -2.35. The van der Waals surface area contributed by atoms with E-state index in [9.17, 15) is 13.2 Å². The third-order valence-corrected chi connectivity index (χ3v) is 8.81. The summed E-state index contributed by atoms with van der Waals surface area (Å²) in [5.41, 5.74) is 1.43. The predicted molar refractivity (Wildman–Crippen MR) is 134 cm³/mol. The highest BCUT2D eigenvalue weighted by atomic mass is 32.2. The third kappa shape index (κ3) is 7.03. The van der Waals surface area contributed by atoms with E-state index in [1.807, 2.05) is 12.1 Å². The Hall–Kier alpha value is -2.45. The minimum absolute atomic E-state index is 0.213. The van der Waals surface area contributed by atoms with Gasteiger partial charge in [0.25, 0.3) is 0 Å². The first-order valence-corrected chi connectivity index (χ1v) is 14.0. The number of nitrogens with one attached hydrogen (secondary N) is 3. The number of sulfonamides is 1. The molecule has 1 heterocycles. The molecular weight excluding hydrogens is 448 g/mol. The van der Waals surface area contributed by atoms with Gasteiger partial charge in [0.05, 0.1) is 4.90 Å². The van der Waals surface area contributed by atoms with Gasteiger partial charge in [-0.2, -0.15) is 0 Å². The van der Waals surface area contributed by atoms with Crippen LogP contribution in [0.25, 0.3) is 0 Å². The van der Waals surface area contributed by atoms with E-state index < -0.39 is 10.0 Å². The molecule has 1 aromatic heterocycles. The Morgan fingerprint density at radius 3 is 2.29 bits per heavy atom. The van der Waals surface area contributed by atoms with Crippen molar-refractivity contribution in [2.75, 3.05) is 11.9 Å². The van der Waals surface area contributed by atoms with Crippen LogP contribution in [0.1, 0.15) is 63.4 Å². The Labute approximate surface area is 203 Å². The normalized spacial score (nSPS) is 21.6. The topological polar surface area (TPSA) is 100 Å². The minimum atomic E-state index is -3.57. The number of carbonyl (C=O) groups excluding carboxylic acids is 1. The van der Waals surface area contributed by atoms with Crippen molar-refractivity contribution < 1.29 is 13.2 Å². The zero-order valence-electron chi connectivity index (χ0n) is 19.7. The van der Waals surface area contributed by atoms with Gasteiger partial charge in [0.2, 0.25) is 10.0 Å². The van der Waals surface area contributed by atoms with Crippen LogP contribution in [0.4, 0.5) is 10.5 Å². The number of hydrogen-bond acceptors (Lipinski definition) is 4. The summed E-state index contributed by atoms with van der Waals surface area (Å²) in [6.45, 7) is 0.856. The monoisotopic (exact) mass is 484 g/mol. The van der Waals surface area contributed by atoms with Gasteiger partial charge in [-0.15, -0.1) is 0 Å². The molecule has 4 rings (SSSR count). The first-order chi connectivity index (χ1) is 16.5. The van der Waals surface area contributed by atoms with Crippen molar-refractivity contribution >= 4 is 21.7 Å². The maximum atomic E-state index is 12.8. The maximum Gasteiger partial charge on any atom is 0.319 e. The molecule has 0 bridgehead atoms. The molecule has 0 radical (unpaired) electrons. The van der Waals surface area contributed by atoms with Crippen molar-refractivity contribution in [2.24, 2.45) is 17.8 Å². The Bertz CT molecular complexity index is 1010. The number of amides is 2. The molecule has 2 aromatic rings. The van der Waals surface area contributed by atoms with Crippen LogP contribution in [0.3, 0.4) is 0 Å². The summed E-state index contributed by atoms with van der Waals surface area (Å²) in [7, 11) is -3.57. The fourth-order valence-corrected chi connectivity index (χ4v) is 6.47. The highest BCUT2D eigenvalue weighted by Gasteiger charge is 2.29. The predicted octanol–water partition coefficient (Wildman–Crippen LogP) is 5.07. The number of benzene rings is 1. The average molecular weight is 485 g/mol. The molecule has 2 fully saturated rings. The van der Waals surface area contributed by atoms with Gasteiger partial charge in [0, 0.05) is 31.2 Å². The first kappa shape index (κ1) is 24.7.